The minimum atomic E-state index is -0.348. The molecule has 2 aliphatic rings. The summed E-state index contributed by atoms with van der Waals surface area (Å²) in [6.07, 6.45) is 4.13. The molecule has 0 aromatic rings. The number of carbonyl (C=O) groups excluding carboxylic acids is 2. The molecule has 0 aromatic heterocycles. The van der Waals surface area contributed by atoms with E-state index in [-0.39, 0.29) is 29.4 Å². The molecule has 0 bridgehead atoms. The molecule has 6 heteroatoms. The van der Waals surface area contributed by atoms with Gasteiger partial charge in [-0.1, -0.05) is 20.8 Å². The first-order valence-electron chi connectivity index (χ1n) is 8.76. The van der Waals surface area contributed by atoms with Crippen molar-refractivity contribution in [1.29, 1.82) is 0 Å². The van der Waals surface area contributed by atoms with E-state index in [9.17, 15) is 9.59 Å². The number of ether oxygens (including phenoxy) is 1. The van der Waals surface area contributed by atoms with Crippen molar-refractivity contribution in [1.82, 2.24) is 15.5 Å². The topological polar surface area (TPSA) is 70.7 Å². The van der Waals surface area contributed by atoms with Crippen LogP contribution in [0.2, 0.25) is 0 Å². The monoisotopic (exact) mass is 325 g/mol. The first kappa shape index (κ1) is 18.2. The molecule has 2 fully saturated rings. The van der Waals surface area contributed by atoms with Crippen LogP contribution in [0.3, 0.4) is 0 Å². The van der Waals surface area contributed by atoms with Gasteiger partial charge in [0.2, 0.25) is 11.8 Å². The van der Waals surface area contributed by atoms with Crippen LogP contribution in [-0.2, 0) is 14.3 Å². The Labute approximate surface area is 139 Å². The zero-order chi connectivity index (χ0) is 16.9. The molecule has 0 spiro atoms. The number of likely N-dealkylation sites (tertiary alicyclic amines) is 1. The number of hydrogen-bond acceptors (Lipinski definition) is 4. The maximum Gasteiger partial charge on any atom is 0.234 e. The number of nitrogens with zero attached hydrogens (tertiary/aromatic N) is 1. The average Bonchev–Trinajstić information content (AvgIpc) is 2.99. The van der Waals surface area contributed by atoms with Crippen LogP contribution in [0.5, 0.6) is 0 Å². The van der Waals surface area contributed by atoms with Gasteiger partial charge in [0.05, 0.1) is 12.6 Å². The molecule has 6 nitrogen and oxygen atoms in total. The summed E-state index contributed by atoms with van der Waals surface area (Å²) in [4.78, 5) is 26.1. The lowest BCUT2D eigenvalue weighted by Gasteiger charge is -2.33. The SMILES string of the molecule is CC(C)(C)C(=O)NC1CCN(CC(=O)NCC2CCCO2)CC1. The lowest BCUT2D eigenvalue weighted by Crippen LogP contribution is -2.49. The van der Waals surface area contributed by atoms with Crippen LogP contribution in [0.4, 0.5) is 0 Å². The highest BCUT2D eigenvalue weighted by Crippen LogP contribution is 2.16. The Bertz CT molecular complexity index is 406. The number of carbonyl (C=O) groups is 2. The predicted octanol–water partition coefficient (Wildman–Crippen LogP) is 0.908. The zero-order valence-corrected chi connectivity index (χ0v) is 14.7. The Hall–Kier alpha value is -1.14. The van der Waals surface area contributed by atoms with Crippen LogP contribution in [0.15, 0.2) is 0 Å². The third-order valence-electron chi connectivity index (χ3n) is 4.52. The average molecular weight is 325 g/mol. The summed E-state index contributed by atoms with van der Waals surface area (Å²) in [5, 5.41) is 6.07. The van der Waals surface area contributed by atoms with Crippen LogP contribution < -0.4 is 10.6 Å². The number of hydrogen-bond donors (Lipinski definition) is 2. The van der Waals surface area contributed by atoms with Crippen LogP contribution in [0, 0.1) is 5.41 Å². The lowest BCUT2D eigenvalue weighted by molar-refractivity contribution is -0.130. The van der Waals surface area contributed by atoms with Gasteiger partial charge in [-0.05, 0) is 25.7 Å². The Morgan fingerprint density at radius 3 is 2.43 bits per heavy atom. The van der Waals surface area contributed by atoms with Crippen molar-refractivity contribution in [2.45, 2.75) is 58.6 Å². The highest BCUT2D eigenvalue weighted by atomic mass is 16.5. The Kier molecular flexibility index (Phi) is 6.41. The number of nitrogens with one attached hydrogen (secondary N) is 2. The molecule has 132 valence electrons. The fraction of sp³-hybridized carbons (Fsp3) is 0.882. The van der Waals surface area contributed by atoms with Crippen LogP contribution in [0.25, 0.3) is 0 Å². The molecule has 2 amide bonds. The molecule has 0 aromatic carbocycles. The Morgan fingerprint density at radius 1 is 1.17 bits per heavy atom. The van der Waals surface area contributed by atoms with Crippen molar-refractivity contribution in [2.75, 3.05) is 32.8 Å². The first-order valence-corrected chi connectivity index (χ1v) is 8.76. The van der Waals surface area contributed by atoms with E-state index in [1.54, 1.807) is 0 Å². The van der Waals surface area contributed by atoms with E-state index in [4.69, 9.17) is 4.74 Å². The third kappa shape index (κ3) is 6.11. The van der Waals surface area contributed by atoms with Gasteiger partial charge < -0.3 is 15.4 Å². The van der Waals surface area contributed by atoms with Crippen LogP contribution >= 0.6 is 0 Å². The Morgan fingerprint density at radius 2 is 1.87 bits per heavy atom. The fourth-order valence-corrected chi connectivity index (χ4v) is 2.93. The second kappa shape index (κ2) is 8.11. The summed E-state index contributed by atoms with van der Waals surface area (Å²) in [6, 6.07) is 0.230. The summed E-state index contributed by atoms with van der Waals surface area (Å²) >= 11 is 0. The van der Waals surface area contributed by atoms with Crippen molar-refractivity contribution >= 4 is 11.8 Å². The van der Waals surface area contributed by atoms with E-state index in [2.05, 4.69) is 15.5 Å². The zero-order valence-electron chi connectivity index (χ0n) is 14.7. The van der Waals surface area contributed by atoms with E-state index in [1.807, 2.05) is 20.8 Å². The van der Waals surface area contributed by atoms with Gasteiger partial charge in [0.15, 0.2) is 0 Å². The smallest absolute Gasteiger partial charge is 0.234 e. The van der Waals surface area contributed by atoms with Gasteiger partial charge in [0.25, 0.3) is 0 Å². The van der Waals surface area contributed by atoms with Gasteiger partial charge in [-0.15, -0.1) is 0 Å². The second-order valence-electron chi connectivity index (χ2n) is 7.71. The number of amides is 2. The molecule has 2 N–H and O–H groups in total. The van der Waals surface area contributed by atoms with Gasteiger partial charge in [0.1, 0.15) is 0 Å². The molecule has 2 aliphatic heterocycles. The van der Waals surface area contributed by atoms with Gasteiger partial charge >= 0.3 is 0 Å². The molecule has 1 unspecified atom stereocenters. The van der Waals surface area contributed by atoms with Crippen molar-refractivity contribution < 1.29 is 14.3 Å². The third-order valence-corrected chi connectivity index (χ3v) is 4.52. The van der Waals surface area contributed by atoms with E-state index >= 15 is 0 Å². The molecule has 0 aliphatic carbocycles. The molecule has 1 atom stereocenters. The molecule has 2 heterocycles. The molecular formula is C17H31N3O3. The van der Waals surface area contributed by atoms with E-state index in [0.717, 1.165) is 45.4 Å². The highest BCUT2D eigenvalue weighted by Gasteiger charge is 2.27. The predicted molar refractivity (Wildman–Crippen MR) is 89.0 cm³/mol. The van der Waals surface area contributed by atoms with Gasteiger partial charge in [-0.2, -0.15) is 0 Å². The van der Waals surface area contributed by atoms with Gasteiger partial charge in [-0.25, -0.2) is 0 Å². The molecule has 23 heavy (non-hydrogen) atoms. The van der Waals surface area contributed by atoms with Gasteiger partial charge in [0, 0.05) is 37.7 Å². The minimum Gasteiger partial charge on any atom is -0.376 e. The highest BCUT2D eigenvalue weighted by molar-refractivity contribution is 5.81. The molecular weight excluding hydrogens is 294 g/mol. The standard InChI is InChI=1S/C17H31N3O3/c1-17(2,3)16(22)19-13-6-8-20(9-7-13)12-15(21)18-11-14-5-4-10-23-14/h13-14H,4-12H2,1-3H3,(H,18,21)(H,19,22). The van der Waals surface area contributed by atoms with E-state index < -0.39 is 0 Å². The van der Waals surface area contributed by atoms with Gasteiger partial charge in [-0.3, -0.25) is 14.5 Å². The maximum absolute atomic E-state index is 12.0. The summed E-state index contributed by atoms with van der Waals surface area (Å²) in [6.45, 7) is 9.35. The summed E-state index contributed by atoms with van der Waals surface area (Å²) in [5.41, 5.74) is -0.348. The van der Waals surface area contributed by atoms with E-state index in [1.165, 1.54) is 0 Å². The second-order valence-corrected chi connectivity index (χ2v) is 7.71. The van der Waals surface area contributed by atoms with E-state index in [0.29, 0.717) is 13.1 Å². The maximum atomic E-state index is 12.0. The lowest BCUT2D eigenvalue weighted by atomic mass is 9.94. The Balaban J connectivity index is 1.62. The minimum absolute atomic E-state index is 0.0673. The van der Waals surface area contributed by atoms with Crippen molar-refractivity contribution in [2.24, 2.45) is 5.41 Å². The fourth-order valence-electron chi connectivity index (χ4n) is 2.93. The van der Waals surface area contributed by atoms with Crippen LogP contribution in [0.1, 0.15) is 46.5 Å². The van der Waals surface area contributed by atoms with Crippen molar-refractivity contribution in [3.05, 3.63) is 0 Å². The van der Waals surface area contributed by atoms with Crippen LogP contribution in [-0.4, -0.2) is 61.6 Å². The van der Waals surface area contributed by atoms with Crippen molar-refractivity contribution in [3.8, 4) is 0 Å². The first-order chi connectivity index (χ1) is 10.8. The summed E-state index contributed by atoms with van der Waals surface area (Å²) in [7, 11) is 0. The normalized spacial score (nSPS) is 23.7. The van der Waals surface area contributed by atoms with Crippen molar-refractivity contribution in [3.63, 3.8) is 0 Å². The molecule has 2 saturated heterocycles. The summed E-state index contributed by atoms with van der Waals surface area (Å²) < 4.78 is 5.50. The number of piperidine rings is 1. The molecule has 0 radical (unpaired) electrons. The molecule has 2 rings (SSSR count). The largest absolute Gasteiger partial charge is 0.376 e. The summed E-state index contributed by atoms with van der Waals surface area (Å²) in [5.74, 6) is 0.169. The number of rotatable bonds is 5. The quantitative estimate of drug-likeness (QED) is 0.788. The molecule has 0 saturated carbocycles.